The van der Waals surface area contributed by atoms with Crippen molar-refractivity contribution < 1.29 is 0 Å². The highest BCUT2D eigenvalue weighted by Gasteiger charge is 2.03. The van der Waals surface area contributed by atoms with Gasteiger partial charge in [0.2, 0.25) is 0 Å². The Morgan fingerprint density at radius 1 is 1.11 bits per heavy atom. The van der Waals surface area contributed by atoms with Crippen molar-refractivity contribution >= 4 is 22.9 Å². The molecule has 0 radical (unpaired) electrons. The van der Waals surface area contributed by atoms with E-state index in [4.69, 9.17) is 5.73 Å². The Labute approximate surface area is 107 Å². The molecule has 0 unspecified atom stereocenters. The fourth-order valence-electron chi connectivity index (χ4n) is 1.65. The number of aryl methyl sites for hydroxylation is 1. The normalized spacial score (nSPS) is 10.2. The van der Waals surface area contributed by atoms with Crippen molar-refractivity contribution in [1.29, 1.82) is 0 Å². The van der Waals surface area contributed by atoms with Gasteiger partial charge in [-0.3, -0.25) is 0 Å². The zero-order valence-corrected chi connectivity index (χ0v) is 10.9. The van der Waals surface area contributed by atoms with E-state index < -0.39 is 0 Å². The molecule has 0 atom stereocenters. The fourth-order valence-corrected chi connectivity index (χ4v) is 1.65. The van der Waals surface area contributed by atoms with E-state index >= 15 is 0 Å². The summed E-state index contributed by atoms with van der Waals surface area (Å²) < 4.78 is 0. The lowest BCUT2D eigenvalue weighted by Crippen LogP contribution is -2.08. The number of pyridine rings is 1. The molecule has 2 aromatic rings. The van der Waals surface area contributed by atoms with E-state index in [0.717, 1.165) is 16.9 Å². The van der Waals surface area contributed by atoms with Crippen LogP contribution in [0.1, 0.15) is 5.56 Å². The Morgan fingerprint density at radius 2 is 1.78 bits per heavy atom. The number of benzene rings is 1. The Hall–Kier alpha value is -2.23. The third-order valence-corrected chi connectivity index (χ3v) is 2.85. The van der Waals surface area contributed by atoms with Crippen molar-refractivity contribution in [3.63, 3.8) is 0 Å². The van der Waals surface area contributed by atoms with Crippen LogP contribution in [0.2, 0.25) is 0 Å². The molecule has 0 saturated heterocycles. The van der Waals surface area contributed by atoms with Crippen LogP contribution in [0.5, 0.6) is 0 Å². The van der Waals surface area contributed by atoms with Gasteiger partial charge >= 0.3 is 0 Å². The minimum Gasteiger partial charge on any atom is -0.396 e. The maximum atomic E-state index is 5.98. The second-order valence-corrected chi connectivity index (χ2v) is 4.46. The lowest BCUT2D eigenvalue weighted by Gasteiger charge is -2.14. The van der Waals surface area contributed by atoms with Crippen LogP contribution in [0.25, 0.3) is 0 Å². The van der Waals surface area contributed by atoms with Gasteiger partial charge in [0.05, 0.1) is 5.69 Å². The lowest BCUT2D eigenvalue weighted by molar-refractivity contribution is 1.13. The number of anilines is 4. The van der Waals surface area contributed by atoms with Gasteiger partial charge in [-0.2, -0.15) is 0 Å². The van der Waals surface area contributed by atoms with Crippen molar-refractivity contribution in [3.05, 3.63) is 42.1 Å². The highest BCUT2D eigenvalue weighted by atomic mass is 15.1. The van der Waals surface area contributed by atoms with E-state index in [9.17, 15) is 0 Å². The first-order valence-electron chi connectivity index (χ1n) is 5.83. The van der Waals surface area contributed by atoms with Gasteiger partial charge in [-0.15, -0.1) is 0 Å². The molecule has 94 valence electrons. The Kier molecular flexibility index (Phi) is 3.37. The van der Waals surface area contributed by atoms with Crippen LogP contribution in [-0.2, 0) is 0 Å². The molecule has 0 fully saturated rings. The summed E-state index contributed by atoms with van der Waals surface area (Å²) in [5.74, 6) is 0.701. The number of aromatic nitrogens is 1. The number of rotatable bonds is 3. The second-order valence-electron chi connectivity index (χ2n) is 4.46. The van der Waals surface area contributed by atoms with E-state index in [2.05, 4.69) is 15.2 Å². The average molecular weight is 242 g/mol. The molecule has 0 spiro atoms. The molecule has 18 heavy (non-hydrogen) atoms. The quantitative estimate of drug-likeness (QED) is 0.869. The van der Waals surface area contributed by atoms with Crippen LogP contribution >= 0.6 is 0 Å². The van der Waals surface area contributed by atoms with Gasteiger partial charge in [-0.25, -0.2) is 4.98 Å². The van der Waals surface area contributed by atoms with Gasteiger partial charge in [0.15, 0.2) is 5.82 Å². The zero-order valence-electron chi connectivity index (χ0n) is 10.9. The second kappa shape index (κ2) is 4.96. The minimum absolute atomic E-state index is 0.689. The highest BCUT2D eigenvalue weighted by Crippen LogP contribution is 2.24. The average Bonchev–Trinajstić information content (AvgIpc) is 2.36. The van der Waals surface area contributed by atoms with E-state index in [1.54, 1.807) is 6.20 Å². The predicted molar refractivity (Wildman–Crippen MR) is 77.4 cm³/mol. The summed E-state index contributed by atoms with van der Waals surface area (Å²) in [5.41, 5.74) is 9.83. The Bertz CT molecular complexity index is 532. The first kappa shape index (κ1) is 12.2. The molecule has 4 heteroatoms. The van der Waals surface area contributed by atoms with E-state index in [1.807, 2.05) is 51.4 Å². The predicted octanol–water partition coefficient (Wildman–Crippen LogP) is 2.78. The molecule has 4 nitrogen and oxygen atoms in total. The minimum atomic E-state index is 0.689. The molecule has 1 heterocycles. The first-order valence-corrected chi connectivity index (χ1v) is 5.83. The zero-order chi connectivity index (χ0) is 13.1. The summed E-state index contributed by atoms with van der Waals surface area (Å²) in [5, 5.41) is 3.22. The highest BCUT2D eigenvalue weighted by molar-refractivity contribution is 5.71. The molecule has 0 aliphatic heterocycles. The van der Waals surface area contributed by atoms with Gasteiger partial charge in [-0.1, -0.05) is 0 Å². The SMILES string of the molecule is Cc1ccnc(Nc2ccc(N(C)C)cc2)c1N. The van der Waals surface area contributed by atoms with Gasteiger partial charge in [0.25, 0.3) is 0 Å². The van der Waals surface area contributed by atoms with Crippen LogP contribution in [0.3, 0.4) is 0 Å². The van der Waals surface area contributed by atoms with Crippen LogP contribution in [0.4, 0.5) is 22.9 Å². The van der Waals surface area contributed by atoms with Gasteiger partial charge in [-0.05, 0) is 42.8 Å². The van der Waals surface area contributed by atoms with E-state index in [1.165, 1.54) is 0 Å². The van der Waals surface area contributed by atoms with Crippen LogP contribution in [-0.4, -0.2) is 19.1 Å². The molecule has 0 aliphatic carbocycles. The molecule has 3 N–H and O–H groups in total. The Morgan fingerprint density at radius 3 is 2.39 bits per heavy atom. The molecule has 0 aliphatic rings. The molecule has 2 rings (SSSR count). The number of nitrogens with one attached hydrogen (secondary N) is 1. The summed E-state index contributed by atoms with van der Waals surface area (Å²) in [7, 11) is 4.03. The molecular weight excluding hydrogens is 224 g/mol. The van der Waals surface area contributed by atoms with Crippen molar-refractivity contribution in [3.8, 4) is 0 Å². The number of nitrogens with two attached hydrogens (primary N) is 1. The fraction of sp³-hybridized carbons (Fsp3) is 0.214. The van der Waals surface area contributed by atoms with Gasteiger partial charge < -0.3 is 16.0 Å². The van der Waals surface area contributed by atoms with Crippen LogP contribution in [0.15, 0.2) is 36.5 Å². The smallest absolute Gasteiger partial charge is 0.153 e. The number of hydrogen-bond donors (Lipinski definition) is 2. The molecule has 1 aromatic carbocycles. The van der Waals surface area contributed by atoms with Crippen molar-refractivity contribution in [2.75, 3.05) is 30.0 Å². The summed E-state index contributed by atoms with van der Waals surface area (Å²) in [6.07, 6.45) is 1.75. The summed E-state index contributed by atoms with van der Waals surface area (Å²) >= 11 is 0. The van der Waals surface area contributed by atoms with Crippen LogP contribution in [0, 0.1) is 6.92 Å². The summed E-state index contributed by atoms with van der Waals surface area (Å²) in [6.45, 7) is 1.97. The summed E-state index contributed by atoms with van der Waals surface area (Å²) in [4.78, 5) is 6.30. The van der Waals surface area contributed by atoms with E-state index in [0.29, 0.717) is 11.5 Å². The van der Waals surface area contributed by atoms with Crippen molar-refractivity contribution in [2.24, 2.45) is 0 Å². The van der Waals surface area contributed by atoms with E-state index in [-0.39, 0.29) is 0 Å². The van der Waals surface area contributed by atoms with Crippen LogP contribution < -0.4 is 16.0 Å². The molecule has 0 bridgehead atoms. The number of nitrogen functional groups attached to an aromatic ring is 1. The number of hydrogen-bond acceptors (Lipinski definition) is 4. The molecule has 0 saturated carbocycles. The summed E-state index contributed by atoms with van der Waals surface area (Å²) in [6, 6.07) is 10.0. The third kappa shape index (κ3) is 2.53. The number of nitrogens with zero attached hydrogens (tertiary/aromatic N) is 2. The lowest BCUT2D eigenvalue weighted by atomic mass is 10.2. The molecule has 0 amide bonds. The van der Waals surface area contributed by atoms with Gasteiger partial charge in [0.1, 0.15) is 0 Å². The van der Waals surface area contributed by atoms with Gasteiger partial charge in [0, 0.05) is 31.7 Å². The molecule has 1 aromatic heterocycles. The largest absolute Gasteiger partial charge is 0.396 e. The van der Waals surface area contributed by atoms with Crippen molar-refractivity contribution in [2.45, 2.75) is 6.92 Å². The molecular formula is C14H18N4. The first-order chi connectivity index (χ1) is 8.58. The topological polar surface area (TPSA) is 54.2 Å². The standard InChI is InChI=1S/C14H18N4/c1-10-8-9-16-14(13(10)15)17-11-4-6-12(7-5-11)18(2)3/h4-9H,15H2,1-3H3,(H,16,17). The Balaban J connectivity index is 2.21. The maximum Gasteiger partial charge on any atom is 0.153 e. The maximum absolute atomic E-state index is 5.98. The van der Waals surface area contributed by atoms with Crippen molar-refractivity contribution in [1.82, 2.24) is 4.98 Å². The monoisotopic (exact) mass is 242 g/mol. The third-order valence-electron chi connectivity index (χ3n) is 2.85.